The highest BCUT2D eigenvalue weighted by molar-refractivity contribution is 5.94. The van der Waals surface area contributed by atoms with Gasteiger partial charge in [-0.25, -0.2) is 0 Å². The van der Waals surface area contributed by atoms with Gasteiger partial charge in [-0.1, -0.05) is 19.9 Å². The van der Waals surface area contributed by atoms with Crippen LogP contribution in [0.3, 0.4) is 0 Å². The first-order valence-corrected chi connectivity index (χ1v) is 12.2. The average Bonchev–Trinajstić information content (AvgIpc) is 3.51. The van der Waals surface area contributed by atoms with Gasteiger partial charge in [0.15, 0.2) is 0 Å². The second kappa shape index (κ2) is 8.70. The van der Waals surface area contributed by atoms with E-state index in [9.17, 15) is 4.79 Å². The van der Waals surface area contributed by atoms with E-state index in [4.69, 9.17) is 0 Å². The summed E-state index contributed by atoms with van der Waals surface area (Å²) >= 11 is 0. The van der Waals surface area contributed by atoms with Crippen molar-refractivity contribution in [3.05, 3.63) is 41.6 Å². The van der Waals surface area contributed by atoms with Crippen molar-refractivity contribution in [1.29, 1.82) is 0 Å². The lowest BCUT2D eigenvalue weighted by Gasteiger charge is -2.30. The van der Waals surface area contributed by atoms with Crippen LogP contribution in [0.2, 0.25) is 0 Å². The molecule has 5 rings (SSSR count). The molecule has 0 unspecified atom stereocenters. The maximum Gasteiger partial charge on any atom is 0.270 e. The quantitative estimate of drug-likeness (QED) is 0.675. The molecule has 1 aromatic carbocycles. The number of aromatic nitrogens is 1. The number of likely N-dealkylation sites (tertiary alicyclic amines) is 1. The number of fused-ring (bicyclic) bond motifs is 2. The first kappa shape index (κ1) is 20.6. The second-order valence-corrected chi connectivity index (χ2v) is 9.86. The molecular weight excluding hydrogens is 384 g/mol. The Balaban J connectivity index is 1.30. The van der Waals surface area contributed by atoms with Gasteiger partial charge in [0.25, 0.3) is 5.91 Å². The van der Waals surface area contributed by atoms with E-state index in [2.05, 4.69) is 52.5 Å². The van der Waals surface area contributed by atoms with Crippen LogP contribution in [0.1, 0.15) is 49.2 Å². The minimum Gasteiger partial charge on any atom is -0.370 e. The van der Waals surface area contributed by atoms with Crippen molar-refractivity contribution in [1.82, 2.24) is 14.4 Å². The number of amides is 1. The lowest BCUT2D eigenvalue weighted by Crippen LogP contribution is -2.41. The van der Waals surface area contributed by atoms with Crippen LogP contribution in [-0.4, -0.2) is 66.1 Å². The fraction of sp³-hybridized carbons (Fsp3) is 0.577. The molecule has 2 aromatic rings. The summed E-state index contributed by atoms with van der Waals surface area (Å²) in [4.78, 5) is 20.2. The van der Waals surface area contributed by atoms with E-state index in [-0.39, 0.29) is 5.91 Å². The van der Waals surface area contributed by atoms with E-state index in [1.165, 1.54) is 55.0 Å². The summed E-state index contributed by atoms with van der Waals surface area (Å²) in [6, 6.07) is 11.1. The summed E-state index contributed by atoms with van der Waals surface area (Å²) in [5.41, 5.74) is 6.14. The van der Waals surface area contributed by atoms with E-state index < -0.39 is 0 Å². The predicted octanol–water partition coefficient (Wildman–Crippen LogP) is 4.12. The third kappa shape index (κ3) is 4.12. The molecule has 1 fully saturated rings. The Morgan fingerprint density at radius 3 is 2.45 bits per heavy atom. The topological polar surface area (TPSA) is 31.7 Å². The molecule has 5 nitrogen and oxygen atoms in total. The molecule has 0 bridgehead atoms. The third-order valence-electron chi connectivity index (χ3n) is 7.31. The van der Waals surface area contributed by atoms with E-state index in [1.807, 2.05) is 11.0 Å². The average molecular weight is 421 g/mol. The molecule has 166 valence electrons. The summed E-state index contributed by atoms with van der Waals surface area (Å²) < 4.78 is 2.23. The molecule has 0 N–H and O–H groups in total. The normalized spacial score (nSPS) is 18.9. The van der Waals surface area contributed by atoms with Crippen molar-refractivity contribution < 1.29 is 4.79 Å². The summed E-state index contributed by atoms with van der Waals surface area (Å²) in [7, 11) is 0. The van der Waals surface area contributed by atoms with Crippen LogP contribution in [0.25, 0.3) is 11.3 Å². The van der Waals surface area contributed by atoms with E-state index in [0.717, 1.165) is 51.3 Å². The van der Waals surface area contributed by atoms with Gasteiger partial charge in [-0.3, -0.25) is 4.79 Å². The molecule has 3 aliphatic rings. The largest absolute Gasteiger partial charge is 0.370 e. The highest BCUT2D eigenvalue weighted by Crippen LogP contribution is 2.34. The number of carbonyl (C=O) groups is 1. The van der Waals surface area contributed by atoms with E-state index in [0.29, 0.717) is 5.92 Å². The van der Waals surface area contributed by atoms with Gasteiger partial charge in [0.1, 0.15) is 5.69 Å². The second-order valence-electron chi connectivity index (χ2n) is 9.86. The van der Waals surface area contributed by atoms with E-state index >= 15 is 0 Å². The SMILES string of the molecule is CC(C)CCN1CCn2c(ccc2-c2ccc3c(c2)CCN3CCN2CCCC2)C1=O. The van der Waals surface area contributed by atoms with Gasteiger partial charge in [0, 0.05) is 50.6 Å². The Morgan fingerprint density at radius 2 is 1.65 bits per heavy atom. The number of nitrogens with zero attached hydrogens (tertiary/aromatic N) is 4. The van der Waals surface area contributed by atoms with Crippen molar-refractivity contribution in [2.45, 2.75) is 46.1 Å². The van der Waals surface area contributed by atoms with Crippen LogP contribution in [0.15, 0.2) is 30.3 Å². The monoisotopic (exact) mass is 420 g/mol. The minimum atomic E-state index is 0.187. The van der Waals surface area contributed by atoms with Crippen molar-refractivity contribution >= 4 is 11.6 Å². The minimum absolute atomic E-state index is 0.187. The number of anilines is 1. The summed E-state index contributed by atoms with van der Waals surface area (Å²) in [6.07, 6.45) is 4.91. The van der Waals surface area contributed by atoms with Crippen LogP contribution >= 0.6 is 0 Å². The van der Waals surface area contributed by atoms with Gasteiger partial charge in [0.2, 0.25) is 0 Å². The number of rotatable bonds is 7. The standard InChI is InChI=1S/C26H36N4O/c1-20(2)9-13-29-17-18-30-24(7-8-25(30)26(29)31)21-5-6-23-22(19-21)10-14-28(23)16-15-27-11-3-4-12-27/h5-8,19-20H,3-4,9-18H2,1-2H3. The molecule has 0 saturated carbocycles. The molecule has 0 atom stereocenters. The molecule has 0 aliphatic carbocycles. The van der Waals surface area contributed by atoms with Crippen molar-refractivity contribution in [2.75, 3.05) is 50.7 Å². The molecule has 1 aromatic heterocycles. The third-order valence-corrected chi connectivity index (χ3v) is 7.31. The van der Waals surface area contributed by atoms with Crippen molar-refractivity contribution in [3.63, 3.8) is 0 Å². The first-order chi connectivity index (χ1) is 15.1. The molecule has 0 spiro atoms. The lowest BCUT2D eigenvalue weighted by molar-refractivity contribution is 0.0697. The summed E-state index contributed by atoms with van der Waals surface area (Å²) in [6.45, 7) is 13.0. The fourth-order valence-corrected chi connectivity index (χ4v) is 5.39. The van der Waals surface area contributed by atoms with E-state index in [1.54, 1.807) is 0 Å². The van der Waals surface area contributed by atoms with Crippen LogP contribution in [-0.2, 0) is 13.0 Å². The number of benzene rings is 1. The fourth-order valence-electron chi connectivity index (χ4n) is 5.39. The molecule has 31 heavy (non-hydrogen) atoms. The predicted molar refractivity (Wildman–Crippen MR) is 127 cm³/mol. The number of hydrogen-bond donors (Lipinski definition) is 0. The molecule has 1 amide bonds. The van der Waals surface area contributed by atoms with Crippen molar-refractivity contribution in [2.24, 2.45) is 5.92 Å². The zero-order chi connectivity index (χ0) is 21.4. The summed E-state index contributed by atoms with van der Waals surface area (Å²) in [5.74, 6) is 0.811. The molecule has 3 aliphatic heterocycles. The number of hydrogen-bond acceptors (Lipinski definition) is 3. The molecule has 1 saturated heterocycles. The lowest BCUT2D eigenvalue weighted by atomic mass is 10.1. The van der Waals surface area contributed by atoms with Gasteiger partial charge in [0.05, 0.1) is 0 Å². The van der Waals surface area contributed by atoms with Gasteiger partial charge in [-0.15, -0.1) is 0 Å². The molecule has 5 heteroatoms. The Bertz CT molecular complexity index is 941. The molecule has 4 heterocycles. The highest BCUT2D eigenvalue weighted by atomic mass is 16.2. The zero-order valence-corrected chi connectivity index (χ0v) is 19.1. The smallest absolute Gasteiger partial charge is 0.270 e. The van der Waals surface area contributed by atoms with Crippen LogP contribution in [0.4, 0.5) is 5.69 Å². The Kier molecular flexibility index (Phi) is 5.79. The first-order valence-electron chi connectivity index (χ1n) is 12.2. The van der Waals surface area contributed by atoms with Gasteiger partial charge >= 0.3 is 0 Å². The summed E-state index contributed by atoms with van der Waals surface area (Å²) in [5, 5.41) is 0. The van der Waals surface area contributed by atoms with Gasteiger partial charge in [-0.05, 0) is 80.1 Å². The number of carbonyl (C=O) groups excluding carboxylic acids is 1. The van der Waals surface area contributed by atoms with Gasteiger partial charge < -0.3 is 19.3 Å². The zero-order valence-electron chi connectivity index (χ0n) is 19.1. The van der Waals surface area contributed by atoms with Crippen LogP contribution < -0.4 is 4.90 Å². The van der Waals surface area contributed by atoms with Gasteiger partial charge in [-0.2, -0.15) is 0 Å². The maximum absolute atomic E-state index is 13.0. The van der Waals surface area contributed by atoms with Crippen LogP contribution in [0.5, 0.6) is 0 Å². The Labute approximate surface area is 186 Å². The Morgan fingerprint density at radius 1 is 0.839 bits per heavy atom. The maximum atomic E-state index is 13.0. The highest BCUT2D eigenvalue weighted by Gasteiger charge is 2.27. The molecule has 0 radical (unpaired) electrons. The molecular formula is C26H36N4O. The Hall–Kier alpha value is -2.27. The van der Waals surface area contributed by atoms with Crippen molar-refractivity contribution in [3.8, 4) is 11.3 Å². The van der Waals surface area contributed by atoms with Crippen LogP contribution in [0, 0.1) is 5.92 Å².